The molecule has 2 heterocycles. The second-order valence-corrected chi connectivity index (χ2v) is 3.58. The molecule has 2 rings (SSSR count). The summed E-state index contributed by atoms with van der Waals surface area (Å²) >= 11 is 0. The number of aromatic nitrogens is 3. The summed E-state index contributed by atoms with van der Waals surface area (Å²) in [6, 6.07) is 7.93. The predicted molar refractivity (Wildman–Crippen MR) is 59.7 cm³/mol. The summed E-state index contributed by atoms with van der Waals surface area (Å²) in [5, 5.41) is 8.88. The van der Waals surface area contributed by atoms with Gasteiger partial charge in [0.1, 0.15) is 11.9 Å². The highest BCUT2D eigenvalue weighted by atomic mass is 14.9. The zero-order valence-electron chi connectivity index (χ0n) is 9.07. The van der Waals surface area contributed by atoms with Crippen molar-refractivity contribution in [3.63, 3.8) is 0 Å². The molecular weight excluding hydrogens is 200 g/mol. The first-order chi connectivity index (χ1) is 7.79. The first-order valence-corrected chi connectivity index (χ1v) is 5.15. The number of nitrogens with zero attached hydrogens (tertiary/aromatic N) is 3. The smallest absolute Gasteiger partial charge is 0.161 e. The number of pyridine rings is 1. The van der Waals surface area contributed by atoms with Crippen LogP contribution in [0.5, 0.6) is 0 Å². The van der Waals surface area contributed by atoms with Crippen molar-refractivity contribution in [2.75, 3.05) is 0 Å². The minimum absolute atomic E-state index is 0.494. The van der Waals surface area contributed by atoms with Gasteiger partial charge in [-0.1, -0.05) is 6.07 Å². The van der Waals surface area contributed by atoms with Gasteiger partial charge in [-0.25, -0.2) is 4.98 Å². The first kappa shape index (κ1) is 10.4. The van der Waals surface area contributed by atoms with Gasteiger partial charge in [-0.3, -0.25) is 4.98 Å². The minimum atomic E-state index is 0.494. The molecule has 0 amide bonds. The Bertz CT molecular complexity index is 508. The number of rotatable bonds is 3. The third kappa shape index (κ3) is 2.26. The van der Waals surface area contributed by atoms with E-state index in [-0.39, 0.29) is 0 Å². The van der Waals surface area contributed by atoms with Gasteiger partial charge in [0, 0.05) is 11.9 Å². The van der Waals surface area contributed by atoms with Crippen molar-refractivity contribution in [1.82, 2.24) is 15.0 Å². The minimum Gasteiger partial charge on any atom is -0.345 e. The maximum atomic E-state index is 8.88. The van der Waals surface area contributed by atoms with E-state index in [0.29, 0.717) is 5.69 Å². The molecule has 2 aromatic heterocycles. The van der Waals surface area contributed by atoms with Crippen LogP contribution in [0, 0.1) is 18.3 Å². The molecule has 4 heteroatoms. The van der Waals surface area contributed by atoms with Crippen LogP contribution in [0.4, 0.5) is 0 Å². The van der Waals surface area contributed by atoms with Gasteiger partial charge in [-0.2, -0.15) is 5.26 Å². The van der Waals surface area contributed by atoms with Crippen LogP contribution in [0.2, 0.25) is 0 Å². The summed E-state index contributed by atoms with van der Waals surface area (Å²) < 4.78 is 0. The van der Waals surface area contributed by atoms with E-state index in [4.69, 9.17) is 5.26 Å². The van der Waals surface area contributed by atoms with Crippen molar-refractivity contribution < 1.29 is 0 Å². The quantitative estimate of drug-likeness (QED) is 0.843. The molecule has 0 radical (unpaired) electrons. The third-order valence-electron chi connectivity index (χ3n) is 2.36. The van der Waals surface area contributed by atoms with Crippen molar-refractivity contribution in [2.45, 2.75) is 19.8 Å². The van der Waals surface area contributed by atoms with Crippen LogP contribution in [0.1, 0.15) is 22.9 Å². The molecule has 0 saturated carbocycles. The molecule has 80 valence electrons. The maximum Gasteiger partial charge on any atom is 0.161 e. The van der Waals surface area contributed by atoms with E-state index in [9.17, 15) is 0 Å². The fourth-order valence-electron chi connectivity index (χ4n) is 1.61. The number of hydrogen-bond donors (Lipinski definition) is 1. The Labute approximate surface area is 94.0 Å². The van der Waals surface area contributed by atoms with E-state index >= 15 is 0 Å². The largest absolute Gasteiger partial charge is 0.345 e. The molecule has 0 fully saturated rings. The van der Waals surface area contributed by atoms with Gasteiger partial charge in [0.05, 0.1) is 5.69 Å². The highest BCUT2D eigenvalue weighted by Crippen LogP contribution is 2.08. The van der Waals surface area contributed by atoms with E-state index in [0.717, 1.165) is 30.1 Å². The number of hydrogen-bond acceptors (Lipinski definition) is 3. The molecule has 4 nitrogen and oxygen atoms in total. The molecule has 0 aromatic carbocycles. The zero-order valence-corrected chi connectivity index (χ0v) is 9.07. The van der Waals surface area contributed by atoms with Crippen molar-refractivity contribution in [1.29, 1.82) is 5.26 Å². The second kappa shape index (κ2) is 4.58. The summed E-state index contributed by atoms with van der Waals surface area (Å²) in [4.78, 5) is 11.4. The average Bonchev–Trinajstić information content (AvgIpc) is 2.68. The summed E-state index contributed by atoms with van der Waals surface area (Å²) in [5.41, 5.74) is 2.41. The van der Waals surface area contributed by atoms with Gasteiger partial charge in [0.15, 0.2) is 5.69 Å². The van der Waals surface area contributed by atoms with Crippen LogP contribution in [0.15, 0.2) is 24.4 Å². The van der Waals surface area contributed by atoms with Crippen LogP contribution in [0.25, 0.3) is 0 Å². The van der Waals surface area contributed by atoms with Gasteiger partial charge >= 0.3 is 0 Å². The molecule has 0 spiro atoms. The van der Waals surface area contributed by atoms with Crippen LogP contribution >= 0.6 is 0 Å². The fraction of sp³-hybridized carbons (Fsp3) is 0.250. The Morgan fingerprint density at radius 3 is 2.94 bits per heavy atom. The molecule has 2 aromatic rings. The molecule has 0 aliphatic rings. The summed E-state index contributed by atoms with van der Waals surface area (Å²) in [7, 11) is 0. The maximum absolute atomic E-state index is 8.88. The first-order valence-electron chi connectivity index (χ1n) is 5.15. The highest BCUT2D eigenvalue weighted by Gasteiger charge is 2.07. The second-order valence-electron chi connectivity index (χ2n) is 3.58. The third-order valence-corrected chi connectivity index (χ3v) is 2.36. The summed E-state index contributed by atoms with van der Waals surface area (Å²) in [6.45, 7) is 1.85. The summed E-state index contributed by atoms with van der Waals surface area (Å²) in [6.07, 6.45) is 3.36. The lowest BCUT2D eigenvalue weighted by molar-refractivity contribution is 0.882. The Morgan fingerprint density at radius 2 is 2.25 bits per heavy atom. The highest BCUT2D eigenvalue weighted by molar-refractivity contribution is 5.27. The molecule has 0 atom stereocenters. The van der Waals surface area contributed by atoms with E-state index in [1.165, 1.54) is 0 Å². The van der Waals surface area contributed by atoms with Crippen molar-refractivity contribution in [3.8, 4) is 6.07 Å². The van der Waals surface area contributed by atoms with Crippen molar-refractivity contribution >= 4 is 0 Å². The monoisotopic (exact) mass is 212 g/mol. The molecule has 0 aliphatic carbocycles. The predicted octanol–water partition coefficient (Wildman–Crippen LogP) is 1.77. The molecule has 16 heavy (non-hydrogen) atoms. The van der Waals surface area contributed by atoms with Crippen LogP contribution < -0.4 is 0 Å². The van der Waals surface area contributed by atoms with Gasteiger partial charge < -0.3 is 4.98 Å². The number of aromatic amines is 1. The van der Waals surface area contributed by atoms with Crippen LogP contribution in [-0.2, 0) is 12.8 Å². The van der Waals surface area contributed by atoms with Gasteiger partial charge in [-0.05, 0) is 31.9 Å². The number of H-pyrrole nitrogens is 1. The number of nitriles is 1. The molecule has 0 unspecified atom stereocenters. The number of nitrogens with one attached hydrogen (secondary N) is 1. The molecule has 0 saturated heterocycles. The Balaban J connectivity index is 2.08. The number of aryl methyl sites for hydroxylation is 3. The van der Waals surface area contributed by atoms with Crippen molar-refractivity contribution in [2.24, 2.45) is 0 Å². The molecule has 0 aliphatic heterocycles. The summed E-state index contributed by atoms with van der Waals surface area (Å²) in [5.74, 6) is 0.785. The topological polar surface area (TPSA) is 65.4 Å². The van der Waals surface area contributed by atoms with Crippen LogP contribution in [0.3, 0.4) is 0 Å². The average molecular weight is 212 g/mol. The zero-order chi connectivity index (χ0) is 11.4. The Kier molecular flexibility index (Phi) is 2.97. The van der Waals surface area contributed by atoms with E-state index in [2.05, 4.69) is 21.0 Å². The Hall–Kier alpha value is -2.15. The molecule has 1 N–H and O–H groups in total. The van der Waals surface area contributed by atoms with Gasteiger partial charge in [0.25, 0.3) is 0 Å². The van der Waals surface area contributed by atoms with Gasteiger partial charge in [-0.15, -0.1) is 0 Å². The molecular formula is C12H12N4. The lowest BCUT2D eigenvalue weighted by Crippen LogP contribution is -1.96. The SMILES string of the molecule is Cc1nc(C#N)c(CCc2ccccn2)[nH]1. The van der Waals surface area contributed by atoms with E-state index < -0.39 is 0 Å². The fourth-order valence-corrected chi connectivity index (χ4v) is 1.61. The lowest BCUT2D eigenvalue weighted by Gasteiger charge is -1.98. The lowest BCUT2D eigenvalue weighted by atomic mass is 10.1. The van der Waals surface area contributed by atoms with E-state index in [1.807, 2.05) is 25.1 Å². The Morgan fingerprint density at radius 1 is 1.38 bits per heavy atom. The standard InChI is InChI=1S/C12H12N4/c1-9-15-11(12(8-13)16-9)6-5-10-4-2-3-7-14-10/h2-4,7H,5-6H2,1H3,(H,15,16). The normalized spacial score (nSPS) is 10.0. The number of imidazole rings is 1. The molecule has 0 bridgehead atoms. The van der Waals surface area contributed by atoms with Gasteiger partial charge in [0.2, 0.25) is 0 Å². The van der Waals surface area contributed by atoms with E-state index in [1.54, 1.807) is 6.20 Å². The van der Waals surface area contributed by atoms with Crippen LogP contribution in [-0.4, -0.2) is 15.0 Å². The van der Waals surface area contributed by atoms with Crippen molar-refractivity contribution in [3.05, 3.63) is 47.3 Å².